The van der Waals surface area contributed by atoms with Crippen molar-refractivity contribution in [2.75, 3.05) is 6.61 Å². The first kappa shape index (κ1) is 12.7. The molecule has 0 amide bonds. The Morgan fingerprint density at radius 1 is 0.889 bits per heavy atom. The summed E-state index contributed by atoms with van der Waals surface area (Å²) in [6.45, 7) is 4.16. The lowest BCUT2D eigenvalue weighted by atomic mass is 9.86. The van der Waals surface area contributed by atoms with Crippen molar-refractivity contribution in [3.8, 4) is 11.5 Å². The molecular formula is C16H18O2. The van der Waals surface area contributed by atoms with Gasteiger partial charge in [0, 0.05) is 5.41 Å². The van der Waals surface area contributed by atoms with Crippen molar-refractivity contribution >= 4 is 0 Å². The van der Waals surface area contributed by atoms with Gasteiger partial charge in [0.15, 0.2) is 0 Å². The van der Waals surface area contributed by atoms with Crippen molar-refractivity contribution in [3.05, 3.63) is 60.2 Å². The molecule has 0 aliphatic heterocycles. The molecule has 0 unspecified atom stereocenters. The number of para-hydroxylation sites is 1. The minimum Gasteiger partial charge on any atom is -0.457 e. The second-order valence-corrected chi connectivity index (χ2v) is 4.98. The molecule has 0 aliphatic carbocycles. The summed E-state index contributed by atoms with van der Waals surface area (Å²) in [6.07, 6.45) is 0. The highest BCUT2D eigenvalue weighted by molar-refractivity contribution is 5.35. The fourth-order valence-electron chi connectivity index (χ4n) is 1.69. The summed E-state index contributed by atoms with van der Waals surface area (Å²) in [6, 6.07) is 17.5. The van der Waals surface area contributed by atoms with Crippen LogP contribution < -0.4 is 4.74 Å². The molecule has 0 atom stereocenters. The van der Waals surface area contributed by atoms with Gasteiger partial charge < -0.3 is 9.84 Å². The van der Waals surface area contributed by atoms with Crippen molar-refractivity contribution in [2.24, 2.45) is 0 Å². The summed E-state index contributed by atoms with van der Waals surface area (Å²) in [5.74, 6) is 1.63. The number of aliphatic hydroxyl groups is 1. The molecule has 2 aromatic carbocycles. The van der Waals surface area contributed by atoms with E-state index in [0.717, 1.165) is 17.1 Å². The van der Waals surface area contributed by atoms with Crippen LogP contribution in [0.1, 0.15) is 19.4 Å². The number of ether oxygens (including phenoxy) is 1. The minimum absolute atomic E-state index is 0.131. The van der Waals surface area contributed by atoms with E-state index in [2.05, 4.69) is 0 Å². The summed E-state index contributed by atoms with van der Waals surface area (Å²) in [5.41, 5.74) is 0.885. The summed E-state index contributed by atoms with van der Waals surface area (Å²) in [4.78, 5) is 0. The summed E-state index contributed by atoms with van der Waals surface area (Å²) >= 11 is 0. The van der Waals surface area contributed by atoms with Gasteiger partial charge in [-0.1, -0.05) is 44.2 Å². The number of benzene rings is 2. The predicted octanol–water partition coefficient (Wildman–Crippen LogP) is 3.75. The SMILES string of the molecule is CC(C)(CO)c1ccc(Oc2ccccc2)cc1. The van der Waals surface area contributed by atoms with Crippen LogP contribution in [0, 0.1) is 0 Å². The van der Waals surface area contributed by atoms with Gasteiger partial charge >= 0.3 is 0 Å². The maximum atomic E-state index is 9.32. The molecule has 2 heteroatoms. The number of hydrogen-bond acceptors (Lipinski definition) is 2. The smallest absolute Gasteiger partial charge is 0.127 e. The molecule has 0 fully saturated rings. The van der Waals surface area contributed by atoms with E-state index in [9.17, 15) is 5.11 Å². The zero-order chi connectivity index (χ0) is 13.0. The first-order chi connectivity index (χ1) is 8.62. The molecule has 0 spiro atoms. The van der Waals surface area contributed by atoms with Crippen LogP contribution in [0.2, 0.25) is 0 Å². The van der Waals surface area contributed by atoms with Crippen LogP contribution in [0.15, 0.2) is 54.6 Å². The van der Waals surface area contributed by atoms with Gasteiger partial charge in [-0.2, -0.15) is 0 Å². The van der Waals surface area contributed by atoms with Crippen LogP contribution in [0.3, 0.4) is 0 Å². The second-order valence-electron chi connectivity index (χ2n) is 4.98. The molecule has 1 N–H and O–H groups in total. The van der Waals surface area contributed by atoms with Gasteiger partial charge in [-0.05, 0) is 29.8 Å². The van der Waals surface area contributed by atoms with Crippen molar-refractivity contribution in [1.29, 1.82) is 0 Å². The Bertz CT molecular complexity index is 486. The quantitative estimate of drug-likeness (QED) is 0.884. The minimum atomic E-state index is -0.217. The van der Waals surface area contributed by atoms with E-state index in [1.54, 1.807) is 0 Å². The zero-order valence-corrected chi connectivity index (χ0v) is 10.8. The molecule has 0 saturated carbocycles. The van der Waals surface area contributed by atoms with Gasteiger partial charge in [-0.15, -0.1) is 0 Å². The molecule has 94 valence electrons. The van der Waals surface area contributed by atoms with E-state index in [1.807, 2.05) is 68.4 Å². The lowest BCUT2D eigenvalue weighted by Gasteiger charge is -2.22. The zero-order valence-electron chi connectivity index (χ0n) is 10.8. The van der Waals surface area contributed by atoms with Crippen molar-refractivity contribution in [3.63, 3.8) is 0 Å². The topological polar surface area (TPSA) is 29.5 Å². The fraction of sp³-hybridized carbons (Fsp3) is 0.250. The average molecular weight is 242 g/mol. The van der Waals surface area contributed by atoms with Gasteiger partial charge in [-0.3, -0.25) is 0 Å². The molecule has 0 aromatic heterocycles. The van der Waals surface area contributed by atoms with Crippen LogP contribution in [-0.2, 0) is 5.41 Å². The van der Waals surface area contributed by atoms with E-state index < -0.39 is 0 Å². The molecular weight excluding hydrogens is 224 g/mol. The Morgan fingerprint density at radius 2 is 1.44 bits per heavy atom. The van der Waals surface area contributed by atoms with Gasteiger partial charge in [0.2, 0.25) is 0 Å². The maximum absolute atomic E-state index is 9.32. The number of aliphatic hydroxyl groups excluding tert-OH is 1. The number of rotatable bonds is 4. The molecule has 2 rings (SSSR count). The van der Waals surface area contributed by atoms with Crippen molar-refractivity contribution in [1.82, 2.24) is 0 Å². The Labute approximate surface area is 108 Å². The van der Waals surface area contributed by atoms with Gasteiger partial charge in [0.25, 0.3) is 0 Å². The normalized spacial score (nSPS) is 11.3. The summed E-state index contributed by atoms with van der Waals surface area (Å²) in [5, 5.41) is 9.32. The average Bonchev–Trinajstić information content (AvgIpc) is 2.40. The highest BCUT2D eigenvalue weighted by Gasteiger charge is 2.18. The number of hydrogen-bond donors (Lipinski definition) is 1. The van der Waals surface area contributed by atoms with Crippen LogP contribution in [0.5, 0.6) is 11.5 Å². The molecule has 0 heterocycles. The lowest BCUT2D eigenvalue weighted by molar-refractivity contribution is 0.218. The summed E-state index contributed by atoms with van der Waals surface area (Å²) < 4.78 is 5.72. The molecule has 0 aliphatic rings. The molecule has 18 heavy (non-hydrogen) atoms. The highest BCUT2D eigenvalue weighted by Crippen LogP contribution is 2.26. The standard InChI is InChI=1S/C16H18O2/c1-16(2,12-17)13-8-10-15(11-9-13)18-14-6-4-3-5-7-14/h3-11,17H,12H2,1-2H3. The first-order valence-corrected chi connectivity index (χ1v) is 6.06. The third-order valence-electron chi connectivity index (χ3n) is 3.01. The van der Waals surface area contributed by atoms with E-state index in [4.69, 9.17) is 4.74 Å². The third-order valence-corrected chi connectivity index (χ3v) is 3.01. The highest BCUT2D eigenvalue weighted by atomic mass is 16.5. The van der Waals surface area contributed by atoms with E-state index in [0.29, 0.717) is 0 Å². The predicted molar refractivity (Wildman–Crippen MR) is 73.1 cm³/mol. The first-order valence-electron chi connectivity index (χ1n) is 6.06. The largest absolute Gasteiger partial charge is 0.457 e. The van der Waals surface area contributed by atoms with Crippen molar-refractivity contribution in [2.45, 2.75) is 19.3 Å². The molecule has 0 bridgehead atoms. The lowest BCUT2D eigenvalue weighted by Crippen LogP contribution is -2.21. The monoisotopic (exact) mass is 242 g/mol. The molecule has 2 aromatic rings. The molecule has 2 nitrogen and oxygen atoms in total. The van der Waals surface area contributed by atoms with Crippen LogP contribution in [0.4, 0.5) is 0 Å². The molecule has 0 saturated heterocycles. The van der Waals surface area contributed by atoms with Gasteiger partial charge in [-0.25, -0.2) is 0 Å². The van der Waals surface area contributed by atoms with Crippen LogP contribution in [-0.4, -0.2) is 11.7 Å². The van der Waals surface area contributed by atoms with Crippen LogP contribution in [0.25, 0.3) is 0 Å². The maximum Gasteiger partial charge on any atom is 0.127 e. The Kier molecular flexibility index (Phi) is 3.68. The Hall–Kier alpha value is -1.80. The van der Waals surface area contributed by atoms with E-state index in [-0.39, 0.29) is 12.0 Å². The van der Waals surface area contributed by atoms with Gasteiger partial charge in [0.1, 0.15) is 11.5 Å². The Morgan fingerprint density at radius 3 is 2.00 bits per heavy atom. The second kappa shape index (κ2) is 5.23. The van der Waals surface area contributed by atoms with E-state index in [1.165, 1.54) is 0 Å². The van der Waals surface area contributed by atoms with Crippen molar-refractivity contribution < 1.29 is 9.84 Å². The summed E-state index contributed by atoms with van der Waals surface area (Å²) in [7, 11) is 0. The van der Waals surface area contributed by atoms with Gasteiger partial charge in [0.05, 0.1) is 6.61 Å². The Balaban J connectivity index is 2.14. The van der Waals surface area contributed by atoms with Crippen LogP contribution >= 0.6 is 0 Å². The molecule has 0 radical (unpaired) electrons. The van der Waals surface area contributed by atoms with E-state index >= 15 is 0 Å². The third kappa shape index (κ3) is 2.90. The fourth-order valence-corrected chi connectivity index (χ4v) is 1.69.